The number of nitrogens with zero attached hydrogens (tertiary/aromatic N) is 1. The van der Waals surface area contributed by atoms with Gasteiger partial charge in [0.15, 0.2) is 5.96 Å². The maximum absolute atomic E-state index is 11.9. The minimum absolute atomic E-state index is 0.0264. The highest BCUT2D eigenvalue weighted by Gasteiger charge is 2.28. The van der Waals surface area contributed by atoms with E-state index in [4.69, 9.17) is 0 Å². The van der Waals surface area contributed by atoms with Crippen molar-refractivity contribution in [3.63, 3.8) is 0 Å². The number of guanidine groups is 1. The Morgan fingerprint density at radius 1 is 1.08 bits per heavy atom. The first kappa shape index (κ1) is 17.8. The van der Waals surface area contributed by atoms with Crippen LogP contribution in [0.1, 0.15) is 19.8 Å². The molecule has 1 aliphatic carbocycles. The molecule has 0 bridgehead atoms. The highest BCUT2D eigenvalue weighted by Crippen LogP contribution is 2.28. The van der Waals surface area contributed by atoms with Crippen molar-refractivity contribution in [3.8, 4) is 0 Å². The van der Waals surface area contributed by atoms with Crippen LogP contribution in [0.25, 0.3) is 0 Å². The van der Waals surface area contributed by atoms with Gasteiger partial charge >= 0.3 is 0 Å². The van der Waals surface area contributed by atoms with Gasteiger partial charge in [-0.1, -0.05) is 18.2 Å². The van der Waals surface area contributed by atoms with Gasteiger partial charge in [0.05, 0.1) is 0 Å². The molecule has 2 rings (SSSR count). The molecule has 7 nitrogen and oxygen atoms in total. The summed E-state index contributed by atoms with van der Waals surface area (Å²) >= 11 is 0. The second-order valence-electron chi connectivity index (χ2n) is 5.60. The fourth-order valence-electron chi connectivity index (χ4n) is 2.07. The van der Waals surface area contributed by atoms with Crippen molar-refractivity contribution >= 4 is 23.5 Å². The van der Waals surface area contributed by atoms with Crippen LogP contribution < -0.4 is 21.3 Å². The molecule has 0 radical (unpaired) electrons. The Morgan fingerprint density at radius 2 is 1.79 bits per heavy atom. The molecule has 1 aliphatic rings. The summed E-state index contributed by atoms with van der Waals surface area (Å²) in [5.74, 6) is 0.719. The van der Waals surface area contributed by atoms with E-state index in [1.54, 1.807) is 0 Å². The molecule has 7 heteroatoms. The summed E-state index contributed by atoms with van der Waals surface area (Å²) in [7, 11) is 0. The molecule has 0 saturated heterocycles. The molecule has 0 aromatic heterocycles. The average Bonchev–Trinajstić information content (AvgIpc) is 3.42. The number of carbonyl (C=O) groups is 2. The van der Waals surface area contributed by atoms with E-state index in [-0.39, 0.29) is 24.3 Å². The van der Waals surface area contributed by atoms with E-state index in [1.807, 2.05) is 37.3 Å². The van der Waals surface area contributed by atoms with Gasteiger partial charge in [0.1, 0.15) is 6.54 Å². The fraction of sp³-hybridized carbons (Fsp3) is 0.471. The smallest absolute Gasteiger partial charge is 0.246 e. The largest absolute Gasteiger partial charge is 0.357 e. The lowest BCUT2D eigenvalue weighted by Gasteiger charge is -2.12. The van der Waals surface area contributed by atoms with E-state index >= 15 is 0 Å². The van der Waals surface area contributed by atoms with E-state index in [0.717, 1.165) is 18.5 Å². The highest BCUT2D eigenvalue weighted by molar-refractivity contribution is 5.94. The summed E-state index contributed by atoms with van der Waals surface area (Å²) in [5.41, 5.74) is 0.749. The van der Waals surface area contributed by atoms with Crippen LogP contribution in [0.4, 0.5) is 5.69 Å². The maximum atomic E-state index is 11.9. The van der Waals surface area contributed by atoms with Gasteiger partial charge in [-0.05, 0) is 31.9 Å². The predicted molar refractivity (Wildman–Crippen MR) is 94.8 cm³/mol. The zero-order valence-corrected chi connectivity index (χ0v) is 14.0. The van der Waals surface area contributed by atoms with Crippen molar-refractivity contribution in [3.05, 3.63) is 30.3 Å². The van der Waals surface area contributed by atoms with Crippen LogP contribution in [0.5, 0.6) is 0 Å². The van der Waals surface area contributed by atoms with Gasteiger partial charge in [0, 0.05) is 31.2 Å². The van der Waals surface area contributed by atoms with Crippen LogP contribution in [0.3, 0.4) is 0 Å². The molecular weight excluding hydrogens is 306 g/mol. The molecule has 0 atom stereocenters. The third-order valence-corrected chi connectivity index (χ3v) is 3.45. The molecule has 0 heterocycles. The number of anilines is 1. The Morgan fingerprint density at radius 3 is 2.46 bits per heavy atom. The first-order valence-corrected chi connectivity index (χ1v) is 8.34. The van der Waals surface area contributed by atoms with E-state index in [1.165, 1.54) is 0 Å². The Hall–Kier alpha value is -2.57. The number of carbonyl (C=O) groups excluding carboxylic acids is 2. The van der Waals surface area contributed by atoms with Gasteiger partial charge < -0.3 is 21.3 Å². The van der Waals surface area contributed by atoms with Gasteiger partial charge in [-0.3, -0.25) is 9.59 Å². The number of amides is 2. The number of hydrogen-bond acceptors (Lipinski definition) is 3. The second kappa shape index (κ2) is 9.54. The summed E-state index contributed by atoms with van der Waals surface area (Å²) < 4.78 is 0. The molecule has 24 heavy (non-hydrogen) atoms. The van der Waals surface area contributed by atoms with Crippen LogP contribution in [-0.4, -0.2) is 44.0 Å². The Labute approximate surface area is 142 Å². The minimum Gasteiger partial charge on any atom is -0.357 e. The molecule has 0 aliphatic heterocycles. The number of hydrogen-bond donors (Lipinski definition) is 4. The van der Waals surface area contributed by atoms with Gasteiger partial charge in [0.25, 0.3) is 0 Å². The molecule has 1 fully saturated rings. The van der Waals surface area contributed by atoms with E-state index < -0.39 is 0 Å². The molecule has 1 aromatic rings. The van der Waals surface area contributed by atoms with Crippen LogP contribution in [0.2, 0.25) is 0 Å². The quantitative estimate of drug-likeness (QED) is 0.320. The lowest BCUT2D eigenvalue weighted by molar-refractivity contribution is -0.122. The monoisotopic (exact) mass is 331 g/mol. The van der Waals surface area contributed by atoms with Crippen molar-refractivity contribution in [2.45, 2.75) is 19.8 Å². The van der Waals surface area contributed by atoms with Crippen LogP contribution in [-0.2, 0) is 9.59 Å². The van der Waals surface area contributed by atoms with Crippen molar-refractivity contribution in [2.75, 3.05) is 31.5 Å². The summed E-state index contributed by atoms with van der Waals surface area (Å²) in [6.45, 7) is 3.77. The second-order valence-corrected chi connectivity index (χ2v) is 5.60. The first-order chi connectivity index (χ1) is 11.7. The van der Waals surface area contributed by atoms with Gasteiger partial charge in [-0.25, -0.2) is 4.99 Å². The highest BCUT2D eigenvalue weighted by atomic mass is 16.2. The van der Waals surface area contributed by atoms with Gasteiger partial charge in [-0.2, -0.15) is 0 Å². The minimum atomic E-state index is -0.180. The Bertz CT molecular complexity index is 570. The van der Waals surface area contributed by atoms with Crippen LogP contribution in [0, 0.1) is 5.92 Å². The molecule has 0 unspecified atom stereocenters. The van der Waals surface area contributed by atoms with E-state index in [2.05, 4.69) is 26.3 Å². The van der Waals surface area contributed by atoms with E-state index in [0.29, 0.717) is 25.6 Å². The Balaban J connectivity index is 1.70. The van der Waals surface area contributed by atoms with Crippen molar-refractivity contribution in [1.82, 2.24) is 16.0 Å². The standard InChI is InChI=1S/C17H25N5O2/c1-2-18-17(20-11-10-19-16(24)13-8-9-13)21-12-15(23)22-14-6-4-3-5-7-14/h3-7,13H,2,8-12H2,1H3,(H,19,24)(H,22,23)(H2,18,20,21). The molecule has 0 spiro atoms. The first-order valence-electron chi connectivity index (χ1n) is 8.34. The van der Waals surface area contributed by atoms with Gasteiger partial charge in [-0.15, -0.1) is 0 Å². The molecule has 130 valence electrons. The van der Waals surface area contributed by atoms with Crippen molar-refractivity contribution < 1.29 is 9.59 Å². The molecule has 1 aromatic carbocycles. The topological polar surface area (TPSA) is 94.6 Å². The van der Waals surface area contributed by atoms with Gasteiger partial charge in [0.2, 0.25) is 11.8 Å². The third-order valence-electron chi connectivity index (χ3n) is 3.45. The van der Waals surface area contributed by atoms with Crippen LogP contribution >= 0.6 is 0 Å². The van der Waals surface area contributed by atoms with Crippen LogP contribution in [0.15, 0.2) is 35.3 Å². The Kier molecular flexibility index (Phi) is 7.07. The number of nitrogens with one attached hydrogen (secondary N) is 4. The summed E-state index contributed by atoms with van der Waals surface area (Å²) in [5, 5.41) is 11.8. The third kappa shape index (κ3) is 6.68. The number of rotatable bonds is 8. The molecular formula is C17H25N5O2. The number of aliphatic imine (C=N–C) groups is 1. The maximum Gasteiger partial charge on any atom is 0.246 e. The summed E-state index contributed by atoms with van der Waals surface area (Å²) in [6.07, 6.45) is 2.00. The van der Waals surface area contributed by atoms with E-state index in [9.17, 15) is 9.59 Å². The number of benzene rings is 1. The number of para-hydroxylation sites is 1. The van der Waals surface area contributed by atoms with Crippen molar-refractivity contribution in [2.24, 2.45) is 10.9 Å². The summed E-state index contributed by atoms with van der Waals surface area (Å²) in [6, 6.07) is 9.27. The predicted octanol–water partition coefficient (Wildman–Crippen LogP) is 0.706. The SMILES string of the molecule is CCNC(=NCC(=O)Nc1ccccc1)NCCNC(=O)C1CC1. The molecule has 2 amide bonds. The average molecular weight is 331 g/mol. The lowest BCUT2D eigenvalue weighted by atomic mass is 10.3. The zero-order valence-electron chi connectivity index (χ0n) is 14.0. The zero-order chi connectivity index (χ0) is 17.2. The molecule has 4 N–H and O–H groups in total. The molecule has 1 saturated carbocycles. The normalized spacial score (nSPS) is 14.0. The van der Waals surface area contributed by atoms with Crippen molar-refractivity contribution in [1.29, 1.82) is 0 Å². The summed E-state index contributed by atoms with van der Waals surface area (Å²) in [4.78, 5) is 27.7. The fourth-order valence-corrected chi connectivity index (χ4v) is 2.07. The lowest BCUT2D eigenvalue weighted by Crippen LogP contribution is -2.42.